The fraction of sp³-hybridized carbons (Fsp3) is 0.469. The van der Waals surface area contributed by atoms with Gasteiger partial charge in [0.05, 0.1) is 35.4 Å². The van der Waals surface area contributed by atoms with Gasteiger partial charge in [0.2, 0.25) is 5.95 Å². The molecule has 3 aliphatic rings. The van der Waals surface area contributed by atoms with Gasteiger partial charge >= 0.3 is 6.09 Å². The summed E-state index contributed by atoms with van der Waals surface area (Å²) in [5, 5.41) is 13.4. The maximum absolute atomic E-state index is 16.9. The Kier molecular flexibility index (Phi) is 6.87. The summed E-state index contributed by atoms with van der Waals surface area (Å²) in [5.41, 5.74) is 0.471. The van der Waals surface area contributed by atoms with E-state index in [1.807, 2.05) is 11.0 Å². The zero-order valence-electron chi connectivity index (χ0n) is 28.6. The molecule has 0 saturated carbocycles. The molecule has 240 valence electrons. The van der Waals surface area contributed by atoms with Gasteiger partial charge in [0, 0.05) is 72.0 Å². The van der Waals surface area contributed by atoms with Crippen molar-refractivity contribution in [2.45, 2.75) is 52.0 Å². The average molecular weight is 652 g/mol. The van der Waals surface area contributed by atoms with Crippen LogP contribution in [0.3, 0.4) is 0 Å². The van der Waals surface area contributed by atoms with Crippen molar-refractivity contribution in [2.24, 2.45) is 0 Å². The van der Waals surface area contributed by atoms with Gasteiger partial charge in [0.15, 0.2) is 11.6 Å². The molecule has 0 aliphatic carbocycles. The van der Waals surface area contributed by atoms with Crippen LogP contribution in [0.2, 0.25) is 0 Å². The zero-order valence-corrected chi connectivity index (χ0v) is 26.4. The van der Waals surface area contributed by atoms with Crippen LogP contribution in [-0.4, -0.2) is 88.7 Å². The van der Waals surface area contributed by atoms with Gasteiger partial charge < -0.3 is 19.3 Å². The minimum Gasteiger partial charge on any atom is -0.444 e. The highest BCUT2D eigenvalue weighted by Crippen LogP contribution is 2.46. The third-order valence-corrected chi connectivity index (χ3v) is 9.71. The van der Waals surface area contributed by atoms with Crippen LogP contribution >= 0.6 is 11.3 Å². The van der Waals surface area contributed by atoms with Gasteiger partial charge in [-0.1, -0.05) is 0 Å². The number of thiophene rings is 1. The number of nitrogens with zero attached hydrogens (tertiary/aromatic N) is 7. The number of benzene rings is 1. The van der Waals surface area contributed by atoms with Crippen LogP contribution in [0.25, 0.3) is 32.2 Å². The van der Waals surface area contributed by atoms with E-state index in [0.717, 1.165) is 24.0 Å². The third kappa shape index (κ3) is 5.41. The van der Waals surface area contributed by atoms with Crippen molar-refractivity contribution in [3.8, 4) is 17.3 Å². The van der Waals surface area contributed by atoms with E-state index in [1.165, 1.54) is 4.90 Å². The Morgan fingerprint density at radius 2 is 1.96 bits per heavy atom. The minimum atomic E-state index is -2.10. The number of anilines is 2. The molecule has 4 aromatic rings. The molecule has 1 atom stereocenters. The molecular formula is C32H34F2N8O3S. The predicted molar refractivity (Wildman–Crippen MR) is 171 cm³/mol. The van der Waals surface area contributed by atoms with Gasteiger partial charge in [-0.05, 0) is 45.3 Å². The van der Waals surface area contributed by atoms with Crippen molar-refractivity contribution in [1.82, 2.24) is 24.8 Å². The van der Waals surface area contributed by atoms with E-state index in [0.29, 0.717) is 61.7 Å². The molecule has 11 nitrogen and oxygen atoms in total. The Morgan fingerprint density at radius 1 is 1.17 bits per heavy atom. The molecule has 2 saturated heterocycles. The molecule has 2 fully saturated rings. The number of ether oxygens (including phenoxy) is 2. The van der Waals surface area contributed by atoms with E-state index in [1.54, 1.807) is 27.0 Å². The first-order valence-corrected chi connectivity index (χ1v) is 15.9. The number of carbonyl (C=O) groups is 1. The molecule has 1 amide bonds. The van der Waals surface area contributed by atoms with Gasteiger partial charge in [-0.3, -0.25) is 15.2 Å². The van der Waals surface area contributed by atoms with Crippen molar-refractivity contribution in [1.29, 1.82) is 5.26 Å². The Hall–Kier alpha value is -4.03. The van der Waals surface area contributed by atoms with Gasteiger partial charge in [-0.2, -0.15) is 5.26 Å². The molecule has 0 unspecified atom stereocenters. The summed E-state index contributed by atoms with van der Waals surface area (Å²) in [6, 6.07) is 2.22. The van der Waals surface area contributed by atoms with Crippen LogP contribution in [0.5, 0.6) is 0 Å². The molecule has 46 heavy (non-hydrogen) atoms. The smallest absolute Gasteiger partial charge is 0.412 e. The molecule has 0 radical (unpaired) electrons. The van der Waals surface area contributed by atoms with Crippen molar-refractivity contribution in [3.05, 3.63) is 40.7 Å². The third-order valence-electron chi connectivity index (χ3n) is 8.60. The number of pyridine rings is 1. The molecule has 3 aromatic heterocycles. The first kappa shape index (κ1) is 27.1. The van der Waals surface area contributed by atoms with Crippen LogP contribution in [0.4, 0.5) is 24.5 Å². The summed E-state index contributed by atoms with van der Waals surface area (Å²) >= 11 is 0.843. The van der Waals surface area contributed by atoms with Gasteiger partial charge in [0.25, 0.3) is 0 Å². The molecule has 1 aromatic carbocycles. The number of carbonyl (C=O) groups excluding carboxylic acids is 1. The van der Waals surface area contributed by atoms with Crippen LogP contribution in [0.1, 0.15) is 48.0 Å². The lowest BCUT2D eigenvalue weighted by molar-refractivity contribution is 0.0636. The number of nitrogens with one attached hydrogen (secondary N) is 1. The van der Waals surface area contributed by atoms with Gasteiger partial charge in [0.1, 0.15) is 22.2 Å². The van der Waals surface area contributed by atoms with Crippen LogP contribution < -0.4 is 10.2 Å². The number of hydrogen-bond acceptors (Lipinski definition) is 11. The zero-order chi connectivity index (χ0) is 34.8. The minimum absolute atomic E-state index is 0.0333. The van der Waals surface area contributed by atoms with Gasteiger partial charge in [-0.15, -0.1) is 11.3 Å². The van der Waals surface area contributed by atoms with E-state index in [9.17, 15) is 10.1 Å². The molecular weight excluding hydrogens is 614 g/mol. The van der Waals surface area contributed by atoms with Crippen LogP contribution in [0.15, 0.2) is 12.4 Å². The fourth-order valence-electron chi connectivity index (χ4n) is 6.46. The highest BCUT2D eigenvalue weighted by Gasteiger charge is 2.33. The van der Waals surface area contributed by atoms with E-state index >= 15 is 8.78 Å². The van der Waals surface area contributed by atoms with Crippen molar-refractivity contribution in [2.75, 3.05) is 56.5 Å². The highest BCUT2D eigenvalue weighted by molar-refractivity contribution is 7.23. The quantitative estimate of drug-likeness (QED) is 0.313. The SMILES string of the molecule is [2H]C([2H])([2H])N1CCN([C@@H]2CCN(c3ncc4c5c(c(-c6ncc(F)c7sc(NC(=O)OC(C)(C)C)c(C#N)c67)c(F)c4n3)COC5)C2)CC1. The van der Waals surface area contributed by atoms with Gasteiger partial charge in [-0.25, -0.2) is 23.5 Å². The lowest BCUT2D eigenvalue weighted by Gasteiger charge is -2.36. The molecule has 7 rings (SSSR count). The number of rotatable bonds is 4. The van der Waals surface area contributed by atoms with Crippen molar-refractivity contribution in [3.63, 3.8) is 0 Å². The second-order valence-corrected chi connectivity index (χ2v) is 13.7. The maximum atomic E-state index is 16.9. The summed E-state index contributed by atoms with van der Waals surface area (Å²) in [4.78, 5) is 32.0. The van der Waals surface area contributed by atoms with E-state index < -0.39 is 30.3 Å². The highest BCUT2D eigenvalue weighted by atomic mass is 32.1. The molecule has 14 heteroatoms. The number of piperazine rings is 1. The molecule has 1 N–H and O–H groups in total. The summed E-state index contributed by atoms with van der Waals surface area (Å²) in [6.07, 6.45) is 2.59. The van der Waals surface area contributed by atoms with Crippen molar-refractivity contribution >= 4 is 49.4 Å². The number of hydrogen-bond donors (Lipinski definition) is 1. The first-order chi connectivity index (χ1) is 23.2. The normalized spacial score (nSPS) is 20.4. The Labute approximate surface area is 272 Å². The fourth-order valence-corrected chi connectivity index (χ4v) is 7.50. The van der Waals surface area contributed by atoms with Crippen LogP contribution in [-0.2, 0) is 22.7 Å². The van der Waals surface area contributed by atoms with E-state index in [-0.39, 0.29) is 56.7 Å². The predicted octanol–water partition coefficient (Wildman–Crippen LogP) is 5.26. The number of amides is 1. The van der Waals surface area contributed by atoms with E-state index in [2.05, 4.69) is 20.2 Å². The number of likely N-dealkylation sites (N-methyl/N-ethyl adjacent to an activating group) is 1. The summed E-state index contributed by atoms with van der Waals surface area (Å²) < 4.78 is 66.4. The molecule has 0 spiro atoms. The second kappa shape index (κ2) is 11.6. The summed E-state index contributed by atoms with van der Waals surface area (Å²) in [5.74, 6) is -1.06. The first-order valence-electron chi connectivity index (χ1n) is 16.6. The number of nitriles is 1. The van der Waals surface area contributed by atoms with Crippen molar-refractivity contribution < 1.29 is 27.2 Å². The number of fused-ring (bicyclic) bond motifs is 4. The second-order valence-electron chi connectivity index (χ2n) is 12.7. The summed E-state index contributed by atoms with van der Waals surface area (Å²) in [6.45, 7) is 6.68. The summed E-state index contributed by atoms with van der Waals surface area (Å²) in [7, 11) is 0. The lowest BCUT2D eigenvalue weighted by atomic mass is 9.94. The molecule has 0 bridgehead atoms. The van der Waals surface area contributed by atoms with E-state index in [4.69, 9.17) is 18.6 Å². The molecule has 3 aliphatic heterocycles. The topological polar surface area (TPSA) is 120 Å². The standard InChI is InChI=1S/C32H34F2N8O3S/c1-32(2,3)45-31(43)39-29-18(11-35)24-27(36-13-22(33)28(24)46-29)23-21-16-44-15-20(21)19-12-37-30(38-26(19)25(23)34)42-6-5-17(14-42)41-9-7-40(4)8-10-41/h12-13,17H,5-10,14-16H2,1-4H3,(H,39,43)/t17-/m1/s1/i4D3. The number of aromatic nitrogens is 3. The van der Waals surface area contributed by atoms with Crippen LogP contribution in [0, 0.1) is 23.0 Å². The molecule has 6 heterocycles. The Morgan fingerprint density at radius 3 is 2.70 bits per heavy atom. The average Bonchev–Trinajstić information content (AvgIpc) is 3.80. The monoisotopic (exact) mass is 651 g/mol. The maximum Gasteiger partial charge on any atom is 0.412 e. The Bertz CT molecular complexity index is 2020. The number of halogens is 2. The largest absolute Gasteiger partial charge is 0.444 e. The Balaban J connectivity index is 1.26. The lowest BCUT2D eigenvalue weighted by Crippen LogP contribution is -2.49.